The number of hydrogen-bond acceptors (Lipinski definition) is 3. The molecule has 0 aromatic heterocycles. The van der Waals surface area contributed by atoms with E-state index in [2.05, 4.69) is 17.1 Å². The van der Waals surface area contributed by atoms with Crippen LogP contribution in [0.3, 0.4) is 0 Å². The van der Waals surface area contributed by atoms with Crippen LogP contribution in [0.15, 0.2) is 0 Å². The highest BCUT2D eigenvalue weighted by Gasteiger charge is 2.30. The van der Waals surface area contributed by atoms with Gasteiger partial charge in [-0.3, -0.25) is 0 Å². The van der Waals surface area contributed by atoms with Crippen molar-refractivity contribution in [1.82, 2.24) is 10.2 Å². The van der Waals surface area contributed by atoms with E-state index >= 15 is 0 Å². The normalized spacial score (nSPS) is 36.8. The molecule has 2 rings (SSSR count). The van der Waals surface area contributed by atoms with Gasteiger partial charge in [-0.15, -0.1) is 0 Å². The topological polar surface area (TPSA) is 24.5 Å². The highest BCUT2D eigenvalue weighted by Crippen LogP contribution is 2.24. The van der Waals surface area contributed by atoms with Crippen molar-refractivity contribution in [2.45, 2.75) is 50.7 Å². The van der Waals surface area contributed by atoms with Gasteiger partial charge in [0, 0.05) is 19.7 Å². The third kappa shape index (κ3) is 3.19. The Morgan fingerprint density at radius 3 is 3.00 bits per heavy atom. The Morgan fingerprint density at radius 2 is 2.31 bits per heavy atom. The van der Waals surface area contributed by atoms with E-state index in [0.717, 1.165) is 12.6 Å². The lowest BCUT2D eigenvalue weighted by Gasteiger charge is -2.39. The zero-order valence-electron chi connectivity index (χ0n) is 10.8. The number of piperidine rings is 1. The van der Waals surface area contributed by atoms with Crippen molar-refractivity contribution >= 4 is 0 Å². The van der Waals surface area contributed by atoms with Crippen LogP contribution in [0.2, 0.25) is 0 Å². The lowest BCUT2D eigenvalue weighted by molar-refractivity contribution is -0.0511. The van der Waals surface area contributed by atoms with Crippen LogP contribution < -0.4 is 5.32 Å². The van der Waals surface area contributed by atoms with Crippen molar-refractivity contribution in [3.8, 4) is 0 Å². The number of nitrogens with zero attached hydrogens (tertiary/aromatic N) is 1. The summed E-state index contributed by atoms with van der Waals surface area (Å²) in [6.07, 6.45) is 6.53. The van der Waals surface area contributed by atoms with Crippen LogP contribution in [0.25, 0.3) is 0 Å². The maximum Gasteiger partial charge on any atom is 0.0777 e. The van der Waals surface area contributed by atoms with Gasteiger partial charge >= 0.3 is 0 Å². The second-order valence-corrected chi connectivity index (χ2v) is 5.62. The lowest BCUT2D eigenvalue weighted by Crippen LogP contribution is -2.48. The summed E-state index contributed by atoms with van der Waals surface area (Å²) in [5.74, 6) is 0. The molecule has 94 valence electrons. The molecule has 16 heavy (non-hydrogen) atoms. The van der Waals surface area contributed by atoms with Crippen LogP contribution in [-0.4, -0.2) is 49.8 Å². The van der Waals surface area contributed by atoms with Gasteiger partial charge in [0.25, 0.3) is 0 Å². The standard InChI is InChI=1S/C13H26N2O/c1-13(16-2)7-4-9-15(11-13)10-6-12-5-3-8-14-12/h12,14H,3-11H2,1-2H3. The molecule has 3 nitrogen and oxygen atoms in total. The first-order valence-electron chi connectivity index (χ1n) is 6.73. The molecular formula is C13H26N2O. The molecule has 2 saturated heterocycles. The summed E-state index contributed by atoms with van der Waals surface area (Å²) in [5, 5.41) is 3.57. The Kier molecular flexibility index (Phi) is 4.22. The molecule has 2 atom stereocenters. The summed E-state index contributed by atoms with van der Waals surface area (Å²) in [6, 6.07) is 0.774. The minimum Gasteiger partial charge on any atom is -0.377 e. The molecule has 2 heterocycles. The van der Waals surface area contributed by atoms with Gasteiger partial charge in [0.05, 0.1) is 5.60 Å². The molecule has 0 aromatic rings. The van der Waals surface area contributed by atoms with Crippen molar-refractivity contribution in [3.05, 3.63) is 0 Å². The number of nitrogens with one attached hydrogen (secondary N) is 1. The van der Waals surface area contributed by atoms with E-state index in [1.807, 2.05) is 7.11 Å². The minimum absolute atomic E-state index is 0.0986. The molecule has 0 radical (unpaired) electrons. The van der Waals surface area contributed by atoms with E-state index in [-0.39, 0.29) is 5.60 Å². The first-order valence-corrected chi connectivity index (χ1v) is 6.73. The van der Waals surface area contributed by atoms with Crippen LogP contribution in [-0.2, 0) is 4.74 Å². The lowest BCUT2D eigenvalue weighted by atomic mass is 9.94. The largest absolute Gasteiger partial charge is 0.377 e. The fourth-order valence-corrected chi connectivity index (χ4v) is 3.01. The molecule has 0 spiro atoms. The molecular weight excluding hydrogens is 200 g/mol. The smallest absolute Gasteiger partial charge is 0.0777 e. The number of hydrogen-bond donors (Lipinski definition) is 1. The zero-order chi connectivity index (χ0) is 11.4. The molecule has 2 fully saturated rings. The fraction of sp³-hybridized carbons (Fsp3) is 1.00. The molecule has 0 saturated carbocycles. The average Bonchev–Trinajstić information content (AvgIpc) is 2.80. The van der Waals surface area contributed by atoms with Gasteiger partial charge in [-0.25, -0.2) is 0 Å². The van der Waals surface area contributed by atoms with E-state index in [9.17, 15) is 0 Å². The van der Waals surface area contributed by atoms with Gasteiger partial charge in [-0.2, -0.15) is 0 Å². The second-order valence-electron chi connectivity index (χ2n) is 5.62. The maximum atomic E-state index is 5.62. The number of ether oxygens (including phenoxy) is 1. The van der Waals surface area contributed by atoms with Crippen LogP contribution in [0, 0.1) is 0 Å². The van der Waals surface area contributed by atoms with Crippen molar-refractivity contribution in [3.63, 3.8) is 0 Å². The number of methoxy groups -OCH3 is 1. The van der Waals surface area contributed by atoms with Gasteiger partial charge in [-0.1, -0.05) is 0 Å². The maximum absolute atomic E-state index is 5.62. The van der Waals surface area contributed by atoms with Crippen molar-refractivity contribution in [2.24, 2.45) is 0 Å². The molecule has 3 heteroatoms. The van der Waals surface area contributed by atoms with Crippen LogP contribution >= 0.6 is 0 Å². The third-order valence-electron chi connectivity index (χ3n) is 4.19. The molecule has 1 N–H and O–H groups in total. The fourth-order valence-electron chi connectivity index (χ4n) is 3.01. The SMILES string of the molecule is COC1(C)CCCN(CCC2CCCN2)C1. The van der Waals surface area contributed by atoms with Crippen LogP contribution in [0.4, 0.5) is 0 Å². The van der Waals surface area contributed by atoms with Crippen molar-refractivity contribution < 1.29 is 4.74 Å². The van der Waals surface area contributed by atoms with E-state index in [1.54, 1.807) is 0 Å². The number of likely N-dealkylation sites (tertiary alicyclic amines) is 1. The van der Waals surface area contributed by atoms with Gasteiger partial charge in [0.15, 0.2) is 0 Å². The molecule has 0 bridgehead atoms. The minimum atomic E-state index is 0.0986. The quantitative estimate of drug-likeness (QED) is 0.788. The predicted molar refractivity (Wildman–Crippen MR) is 66.7 cm³/mol. The monoisotopic (exact) mass is 226 g/mol. The number of rotatable bonds is 4. The molecule has 2 aliphatic rings. The summed E-state index contributed by atoms with van der Waals surface area (Å²) < 4.78 is 5.62. The summed E-state index contributed by atoms with van der Waals surface area (Å²) in [5.41, 5.74) is 0.0986. The highest BCUT2D eigenvalue weighted by atomic mass is 16.5. The first kappa shape index (κ1) is 12.3. The summed E-state index contributed by atoms with van der Waals surface area (Å²) in [6.45, 7) is 7.06. The van der Waals surface area contributed by atoms with Gasteiger partial charge in [0.2, 0.25) is 0 Å². The highest BCUT2D eigenvalue weighted by molar-refractivity contribution is 4.85. The van der Waals surface area contributed by atoms with Crippen molar-refractivity contribution in [1.29, 1.82) is 0 Å². The first-order chi connectivity index (χ1) is 7.72. The van der Waals surface area contributed by atoms with E-state index in [4.69, 9.17) is 4.74 Å². The Balaban J connectivity index is 1.72. The molecule has 2 unspecified atom stereocenters. The predicted octanol–water partition coefficient (Wildman–Crippen LogP) is 1.63. The van der Waals surface area contributed by atoms with E-state index in [0.29, 0.717) is 0 Å². The molecule has 0 aliphatic carbocycles. The van der Waals surface area contributed by atoms with Gasteiger partial charge in [0.1, 0.15) is 0 Å². The van der Waals surface area contributed by atoms with Crippen LogP contribution in [0.1, 0.15) is 39.0 Å². The average molecular weight is 226 g/mol. The Labute approximate surface area is 99.5 Å². The third-order valence-corrected chi connectivity index (χ3v) is 4.19. The van der Waals surface area contributed by atoms with Crippen LogP contribution in [0.5, 0.6) is 0 Å². The van der Waals surface area contributed by atoms with Gasteiger partial charge in [-0.05, 0) is 58.7 Å². The molecule has 0 amide bonds. The van der Waals surface area contributed by atoms with E-state index in [1.165, 1.54) is 51.7 Å². The Bertz CT molecular complexity index is 216. The summed E-state index contributed by atoms with van der Waals surface area (Å²) in [7, 11) is 1.85. The van der Waals surface area contributed by atoms with Gasteiger partial charge < -0.3 is 15.0 Å². The van der Waals surface area contributed by atoms with E-state index < -0.39 is 0 Å². The zero-order valence-corrected chi connectivity index (χ0v) is 10.8. The molecule has 2 aliphatic heterocycles. The Hall–Kier alpha value is -0.120. The second kappa shape index (κ2) is 5.48. The molecule has 0 aromatic carbocycles. The summed E-state index contributed by atoms with van der Waals surface area (Å²) in [4.78, 5) is 2.58. The Morgan fingerprint density at radius 1 is 1.44 bits per heavy atom. The van der Waals surface area contributed by atoms with Crippen molar-refractivity contribution in [2.75, 3.05) is 33.3 Å². The summed E-state index contributed by atoms with van der Waals surface area (Å²) >= 11 is 0.